The normalized spacial score (nSPS) is 17.1. The summed E-state index contributed by atoms with van der Waals surface area (Å²) in [6, 6.07) is 10.4. The molecule has 1 aliphatic rings. The molecule has 0 aliphatic carbocycles. The second-order valence-corrected chi connectivity index (χ2v) is 6.20. The van der Waals surface area contributed by atoms with E-state index in [1.807, 2.05) is 30.9 Å². The molecule has 1 aromatic carbocycles. The van der Waals surface area contributed by atoms with Gasteiger partial charge in [-0.25, -0.2) is 0 Å². The third-order valence-corrected chi connectivity index (χ3v) is 4.60. The minimum Gasteiger partial charge on any atom is -0.338 e. The Hall–Kier alpha value is -1.47. The van der Waals surface area contributed by atoms with E-state index >= 15 is 0 Å². The minimum absolute atomic E-state index is 0.0292. The van der Waals surface area contributed by atoms with Crippen LogP contribution in [0.2, 0.25) is 0 Å². The summed E-state index contributed by atoms with van der Waals surface area (Å²) in [7, 11) is 0. The first-order valence-electron chi connectivity index (χ1n) is 6.55. The van der Waals surface area contributed by atoms with Crippen LogP contribution in [-0.4, -0.2) is 28.6 Å². The van der Waals surface area contributed by atoms with Gasteiger partial charge in [0.05, 0.1) is 17.7 Å². The summed E-state index contributed by atoms with van der Waals surface area (Å²) in [5, 5.41) is 8.66. The van der Waals surface area contributed by atoms with E-state index in [9.17, 15) is 4.79 Å². The Labute approximate surface area is 118 Å². The molecule has 4 heteroatoms. The molecule has 0 fully saturated rings. The lowest BCUT2D eigenvalue weighted by molar-refractivity contribution is -0.132. The summed E-state index contributed by atoms with van der Waals surface area (Å²) >= 11 is 1.65. The first-order valence-corrected chi connectivity index (χ1v) is 7.43. The van der Waals surface area contributed by atoms with Gasteiger partial charge >= 0.3 is 0 Å². The topological polar surface area (TPSA) is 44.1 Å². The van der Waals surface area contributed by atoms with Crippen molar-refractivity contribution in [2.45, 2.75) is 42.9 Å². The summed E-state index contributed by atoms with van der Waals surface area (Å²) in [6.07, 6.45) is 1.20. The highest BCUT2D eigenvalue weighted by atomic mass is 32.2. The van der Waals surface area contributed by atoms with E-state index in [0.717, 1.165) is 6.42 Å². The van der Waals surface area contributed by atoms with Crippen molar-refractivity contribution in [3.8, 4) is 6.07 Å². The number of hydrogen-bond acceptors (Lipinski definition) is 3. The number of carbonyl (C=O) groups is 1. The van der Waals surface area contributed by atoms with E-state index in [2.05, 4.69) is 18.2 Å². The van der Waals surface area contributed by atoms with Crippen molar-refractivity contribution in [3.63, 3.8) is 0 Å². The molecule has 2 rings (SSSR count). The van der Waals surface area contributed by atoms with Gasteiger partial charge in [0.15, 0.2) is 0 Å². The van der Waals surface area contributed by atoms with Crippen LogP contribution in [0.3, 0.4) is 0 Å². The van der Waals surface area contributed by atoms with Crippen molar-refractivity contribution in [3.05, 3.63) is 29.8 Å². The molecule has 0 aromatic heterocycles. The maximum Gasteiger partial charge on any atom is 0.236 e. The zero-order chi connectivity index (χ0) is 13.8. The van der Waals surface area contributed by atoms with Gasteiger partial charge in [-0.1, -0.05) is 18.2 Å². The van der Waals surface area contributed by atoms with Gasteiger partial charge in [-0.15, -0.1) is 11.8 Å². The largest absolute Gasteiger partial charge is 0.338 e. The SMILES string of the molecule is CC(C)N(CCC#N)C(=O)C1Cc2ccccc2S1. The minimum atomic E-state index is -0.0292. The Bertz CT molecular complexity index is 482. The maximum atomic E-state index is 12.6. The molecule has 1 aromatic rings. The quantitative estimate of drug-likeness (QED) is 0.848. The summed E-state index contributed by atoms with van der Waals surface area (Å²) in [5.41, 5.74) is 1.26. The van der Waals surface area contributed by atoms with Crippen LogP contribution in [0, 0.1) is 11.3 Å². The van der Waals surface area contributed by atoms with Crippen LogP contribution >= 0.6 is 11.8 Å². The highest BCUT2D eigenvalue weighted by Crippen LogP contribution is 2.37. The van der Waals surface area contributed by atoms with Crippen LogP contribution in [0.15, 0.2) is 29.2 Å². The molecule has 0 N–H and O–H groups in total. The molecule has 0 radical (unpaired) electrons. The van der Waals surface area contributed by atoms with Gasteiger partial charge in [0.2, 0.25) is 5.91 Å². The summed E-state index contributed by atoms with van der Waals surface area (Å²) in [4.78, 5) is 15.6. The Morgan fingerprint density at radius 3 is 2.89 bits per heavy atom. The molecule has 1 unspecified atom stereocenters. The van der Waals surface area contributed by atoms with Crippen molar-refractivity contribution >= 4 is 17.7 Å². The van der Waals surface area contributed by atoms with Crippen molar-refractivity contribution < 1.29 is 4.79 Å². The molecular weight excluding hydrogens is 256 g/mol. The number of hydrogen-bond donors (Lipinski definition) is 0. The molecule has 0 saturated carbocycles. The second kappa shape index (κ2) is 6.12. The van der Waals surface area contributed by atoms with Gasteiger partial charge in [-0.2, -0.15) is 5.26 Å². The average Bonchev–Trinajstić information content (AvgIpc) is 2.82. The number of fused-ring (bicyclic) bond motifs is 1. The number of nitrogens with zero attached hydrogens (tertiary/aromatic N) is 2. The Morgan fingerprint density at radius 2 is 2.26 bits per heavy atom. The molecular formula is C15H18N2OS. The van der Waals surface area contributed by atoms with Gasteiger partial charge < -0.3 is 4.90 Å². The first kappa shape index (κ1) is 14.0. The molecule has 1 heterocycles. The highest BCUT2D eigenvalue weighted by molar-refractivity contribution is 8.01. The second-order valence-electron chi connectivity index (χ2n) is 4.95. The third-order valence-electron chi connectivity index (χ3n) is 3.29. The Morgan fingerprint density at radius 1 is 1.53 bits per heavy atom. The van der Waals surface area contributed by atoms with Crippen LogP contribution in [0.1, 0.15) is 25.8 Å². The molecule has 19 heavy (non-hydrogen) atoms. The fourth-order valence-electron chi connectivity index (χ4n) is 2.30. The predicted molar refractivity (Wildman–Crippen MR) is 76.9 cm³/mol. The van der Waals surface area contributed by atoms with Crippen LogP contribution in [0.4, 0.5) is 0 Å². The highest BCUT2D eigenvalue weighted by Gasteiger charge is 2.32. The van der Waals surface area contributed by atoms with E-state index in [0.29, 0.717) is 13.0 Å². The number of amides is 1. The van der Waals surface area contributed by atoms with Crippen LogP contribution in [-0.2, 0) is 11.2 Å². The lowest BCUT2D eigenvalue weighted by Gasteiger charge is -2.28. The number of rotatable bonds is 4. The van der Waals surface area contributed by atoms with E-state index in [1.54, 1.807) is 11.8 Å². The molecule has 1 atom stereocenters. The van der Waals surface area contributed by atoms with Crippen LogP contribution in [0.5, 0.6) is 0 Å². The number of carbonyl (C=O) groups excluding carboxylic acids is 1. The van der Waals surface area contributed by atoms with Crippen molar-refractivity contribution in [1.82, 2.24) is 4.90 Å². The fraction of sp³-hybridized carbons (Fsp3) is 0.467. The summed E-state index contributed by atoms with van der Waals surface area (Å²) in [6.45, 7) is 4.53. The lowest BCUT2D eigenvalue weighted by Crippen LogP contribution is -2.42. The predicted octanol–water partition coefficient (Wildman–Crippen LogP) is 2.85. The Kier molecular flexibility index (Phi) is 4.49. The number of thioether (sulfide) groups is 1. The van der Waals surface area contributed by atoms with E-state index in [-0.39, 0.29) is 17.2 Å². The van der Waals surface area contributed by atoms with Gasteiger partial charge in [0, 0.05) is 17.5 Å². The smallest absolute Gasteiger partial charge is 0.236 e. The zero-order valence-electron chi connectivity index (χ0n) is 11.3. The van der Waals surface area contributed by atoms with E-state index < -0.39 is 0 Å². The number of nitriles is 1. The lowest BCUT2D eigenvalue weighted by atomic mass is 10.1. The van der Waals surface area contributed by atoms with Gasteiger partial charge in [-0.05, 0) is 31.9 Å². The summed E-state index contributed by atoms with van der Waals surface area (Å²) < 4.78 is 0. The fourth-order valence-corrected chi connectivity index (χ4v) is 3.56. The van der Waals surface area contributed by atoms with Crippen LogP contribution in [0.25, 0.3) is 0 Å². The first-order chi connectivity index (χ1) is 9.13. The maximum absolute atomic E-state index is 12.6. The molecule has 100 valence electrons. The van der Waals surface area contributed by atoms with E-state index in [4.69, 9.17) is 5.26 Å². The zero-order valence-corrected chi connectivity index (χ0v) is 12.1. The standard InChI is InChI=1S/C15H18N2OS/c1-11(2)17(9-5-8-16)15(18)14-10-12-6-3-4-7-13(12)19-14/h3-4,6-7,11,14H,5,9-10H2,1-2H3. The van der Waals surface area contributed by atoms with Gasteiger partial charge in [-0.3, -0.25) is 4.79 Å². The van der Waals surface area contributed by atoms with Crippen molar-refractivity contribution in [2.75, 3.05) is 6.54 Å². The van der Waals surface area contributed by atoms with Gasteiger partial charge in [0.25, 0.3) is 0 Å². The number of benzene rings is 1. The molecule has 1 aliphatic heterocycles. The monoisotopic (exact) mass is 274 g/mol. The van der Waals surface area contributed by atoms with Crippen molar-refractivity contribution in [2.24, 2.45) is 0 Å². The molecule has 0 saturated heterocycles. The third kappa shape index (κ3) is 3.10. The molecule has 0 spiro atoms. The Balaban J connectivity index is 2.06. The van der Waals surface area contributed by atoms with E-state index in [1.165, 1.54) is 10.5 Å². The summed E-state index contributed by atoms with van der Waals surface area (Å²) in [5.74, 6) is 0.159. The molecule has 3 nitrogen and oxygen atoms in total. The van der Waals surface area contributed by atoms with Crippen molar-refractivity contribution in [1.29, 1.82) is 5.26 Å². The van der Waals surface area contributed by atoms with Gasteiger partial charge in [0.1, 0.15) is 0 Å². The van der Waals surface area contributed by atoms with Crippen LogP contribution < -0.4 is 0 Å². The molecule has 0 bridgehead atoms. The molecule has 1 amide bonds. The average molecular weight is 274 g/mol.